The lowest BCUT2D eigenvalue weighted by molar-refractivity contribution is -0.121. The Morgan fingerprint density at radius 3 is 2.58 bits per heavy atom. The maximum Gasteiger partial charge on any atom is 0.193 e. The molecule has 1 aromatic heterocycles. The van der Waals surface area contributed by atoms with E-state index in [0.717, 1.165) is 23.7 Å². The molecule has 26 heavy (non-hydrogen) atoms. The molecule has 0 aliphatic carbocycles. The number of nitrogens with zero attached hydrogens (tertiary/aromatic N) is 2. The van der Waals surface area contributed by atoms with E-state index in [1.165, 1.54) is 5.56 Å². The van der Waals surface area contributed by atoms with E-state index in [-0.39, 0.29) is 12.4 Å². The third-order valence-electron chi connectivity index (χ3n) is 4.58. The standard InChI is InChI=1S/C22H22N2O2/c1-3-6-16-9-11-18(12-10-16)26-15-22(25)19(14-23)21-13-17-7-4-5-8-20(17)24(21)2/h4-5,7-13,19H,3,6,15H2,1-2H3. The summed E-state index contributed by atoms with van der Waals surface area (Å²) in [5.74, 6) is -0.435. The molecule has 0 radical (unpaired) electrons. The second-order valence-corrected chi connectivity index (χ2v) is 6.40. The molecule has 0 bridgehead atoms. The fourth-order valence-corrected chi connectivity index (χ4v) is 3.17. The average molecular weight is 346 g/mol. The van der Waals surface area contributed by atoms with E-state index in [2.05, 4.69) is 13.0 Å². The van der Waals surface area contributed by atoms with Crippen LogP contribution in [-0.2, 0) is 18.3 Å². The summed E-state index contributed by atoms with van der Waals surface area (Å²) in [6, 6.07) is 19.6. The molecule has 4 nitrogen and oxygen atoms in total. The van der Waals surface area contributed by atoms with Gasteiger partial charge in [-0.2, -0.15) is 5.26 Å². The predicted molar refractivity (Wildman–Crippen MR) is 102 cm³/mol. The van der Waals surface area contributed by atoms with Gasteiger partial charge in [0.05, 0.1) is 6.07 Å². The molecule has 4 heteroatoms. The topological polar surface area (TPSA) is 55.0 Å². The van der Waals surface area contributed by atoms with Gasteiger partial charge in [-0.25, -0.2) is 0 Å². The molecule has 2 aromatic carbocycles. The number of para-hydroxylation sites is 1. The Morgan fingerprint density at radius 2 is 1.92 bits per heavy atom. The van der Waals surface area contributed by atoms with Crippen LogP contribution in [0.1, 0.15) is 30.5 Å². The van der Waals surface area contributed by atoms with E-state index >= 15 is 0 Å². The van der Waals surface area contributed by atoms with Crippen LogP contribution < -0.4 is 4.74 Å². The Hall–Kier alpha value is -3.06. The molecule has 0 saturated carbocycles. The molecule has 0 spiro atoms. The monoisotopic (exact) mass is 346 g/mol. The van der Waals surface area contributed by atoms with Crippen molar-refractivity contribution in [3.63, 3.8) is 0 Å². The van der Waals surface area contributed by atoms with Crippen LogP contribution in [0.15, 0.2) is 54.6 Å². The lowest BCUT2D eigenvalue weighted by Crippen LogP contribution is -2.20. The first-order chi connectivity index (χ1) is 12.6. The second kappa shape index (κ2) is 7.88. The Balaban J connectivity index is 1.72. The number of fused-ring (bicyclic) bond motifs is 1. The molecule has 0 aliphatic rings. The van der Waals surface area contributed by atoms with Crippen LogP contribution in [0.4, 0.5) is 0 Å². The lowest BCUT2D eigenvalue weighted by atomic mass is 10.0. The van der Waals surface area contributed by atoms with Gasteiger partial charge in [-0.15, -0.1) is 0 Å². The van der Waals surface area contributed by atoms with E-state index in [4.69, 9.17) is 4.74 Å². The summed E-state index contributed by atoms with van der Waals surface area (Å²) in [6.07, 6.45) is 2.12. The number of aromatic nitrogens is 1. The van der Waals surface area contributed by atoms with Gasteiger partial charge < -0.3 is 9.30 Å². The van der Waals surface area contributed by atoms with Gasteiger partial charge in [0.1, 0.15) is 18.3 Å². The van der Waals surface area contributed by atoms with Gasteiger partial charge in [-0.3, -0.25) is 4.79 Å². The van der Waals surface area contributed by atoms with Crippen molar-refractivity contribution >= 4 is 16.7 Å². The number of rotatable bonds is 7. The van der Waals surface area contributed by atoms with Crippen molar-refractivity contribution < 1.29 is 9.53 Å². The van der Waals surface area contributed by atoms with Crippen molar-refractivity contribution in [3.05, 3.63) is 65.9 Å². The van der Waals surface area contributed by atoms with E-state index in [9.17, 15) is 10.1 Å². The van der Waals surface area contributed by atoms with E-state index in [1.807, 2.05) is 66.2 Å². The maximum absolute atomic E-state index is 12.6. The highest BCUT2D eigenvalue weighted by Gasteiger charge is 2.24. The Labute approximate surface area is 153 Å². The van der Waals surface area contributed by atoms with Crippen molar-refractivity contribution in [2.24, 2.45) is 7.05 Å². The SMILES string of the molecule is CCCc1ccc(OCC(=O)C(C#N)c2cc3ccccc3n2C)cc1. The van der Waals surface area contributed by atoms with Crippen molar-refractivity contribution in [1.82, 2.24) is 4.57 Å². The number of hydrogen-bond acceptors (Lipinski definition) is 3. The molecule has 1 atom stereocenters. The molecule has 3 rings (SSSR count). The number of ketones is 1. The van der Waals surface area contributed by atoms with Crippen LogP contribution >= 0.6 is 0 Å². The third kappa shape index (κ3) is 3.62. The zero-order valence-corrected chi connectivity index (χ0v) is 15.1. The maximum atomic E-state index is 12.6. The summed E-state index contributed by atoms with van der Waals surface area (Å²) in [5.41, 5.74) is 2.94. The van der Waals surface area contributed by atoms with Gasteiger partial charge in [-0.1, -0.05) is 43.7 Å². The molecule has 0 aliphatic heterocycles. The fourth-order valence-electron chi connectivity index (χ4n) is 3.17. The third-order valence-corrected chi connectivity index (χ3v) is 4.58. The van der Waals surface area contributed by atoms with Crippen LogP contribution in [0.3, 0.4) is 0 Å². The number of nitriles is 1. The normalized spacial score (nSPS) is 11.9. The molecule has 0 N–H and O–H groups in total. The summed E-state index contributed by atoms with van der Waals surface area (Å²) in [6.45, 7) is 2.02. The van der Waals surface area contributed by atoms with Gasteiger partial charge >= 0.3 is 0 Å². The van der Waals surface area contributed by atoms with Crippen LogP contribution in [0, 0.1) is 11.3 Å². The zero-order chi connectivity index (χ0) is 18.5. The van der Waals surface area contributed by atoms with Crippen molar-refractivity contribution in [3.8, 4) is 11.8 Å². The minimum absolute atomic E-state index is 0.118. The summed E-state index contributed by atoms with van der Waals surface area (Å²) < 4.78 is 7.51. The fraction of sp³-hybridized carbons (Fsp3) is 0.273. The highest BCUT2D eigenvalue weighted by atomic mass is 16.5. The number of carbonyl (C=O) groups is 1. The average Bonchev–Trinajstić information content (AvgIpc) is 2.99. The van der Waals surface area contributed by atoms with E-state index in [0.29, 0.717) is 11.4 Å². The molecule has 132 valence electrons. The molecule has 1 unspecified atom stereocenters. The summed E-state index contributed by atoms with van der Waals surface area (Å²) in [4.78, 5) is 12.6. The summed E-state index contributed by atoms with van der Waals surface area (Å²) in [5, 5.41) is 10.6. The first-order valence-electron chi connectivity index (χ1n) is 8.82. The number of hydrogen-bond donors (Lipinski definition) is 0. The second-order valence-electron chi connectivity index (χ2n) is 6.40. The van der Waals surface area contributed by atoms with Crippen LogP contribution in [-0.4, -0.2) is 17.0 Å². The number of ether oxygens (including phenoxy) is 1. The molecule has 3 aromatic rings. The molecule has 0 saturated heterocycles. The van der Waals surface area contributed by atoms with Crippen molar-refractivity contribution in [2.45, 2.75) is 25.7 Å². The van der Waals surface area contributed by atoms with Crippen LogP contribution in [0.25, 0.3) is 10.9 Å². The number of Topliss-reactive ketones (excluding diaryl/α,β-unsaturated/α-hetero) is 1. The Morgan fingerprint density at radius 1 is 1.19 bits per heavy atom. The lowest BCUT2D eigenvalue weighted by Gasteiger charge is -2.11. The zero-order valence-electron chi connectivity index (χ0n) is 15.1. The van der Waals surface area contributed by atoms with Crippen LogP contribution in [0.5, 0.6) is 5.75 Å². The molecule has 0 fully saturated rings. The largest absolute Gasteiger partial charge is 0.486 e. The van der Waals surface area contributed by atoms with Gasteiger partial charge in [0.2, 0.25) is 0 Å². The Kier molecular flexibility index (Phi) is 5.38. The molecular weight excluding hydrogens is 324 g/mol. The van der Waals surface area contributed by atoms with Gasteiger partial charge in [-0.05, 0) is 41.6 Å². The first kappa shape index (κ1) is 17.8. The van der Waals surface area contributed by atoms with Crippen molar-refractivity contribution in [1.29, 1.82) is 5.26 Å². The quantitative estimate of drug-likeness (QED) is 0.638. The predicted octanol–water partition coefficient (Wildman–Crippen LogP) is 4.39. The molecular formula is C22H22N2O2. The summed E-state index contributed by atoms with van der Waals surface area (Å²) >= 11 is 0. The van der Waals surface area contributed by atoms with E-state index in [1.54, 1.807) is 0 Å². The van der Waals surface area contributed by atoms with Gasteiger partial charge in [0.25, 0.3) is 0 Å². The van der Waals surface area contributed by atoms with Crippen LogP contribution in [0.2, 0.25) is 0 Å². The highest BCUT2D eigenvalue weighted by molar-refractivity contribution is 5.91. The number of aryl methyl sites for hydroxylation is 2. The van der Waals surface area contributed by atoms with E-state index < -0.39 is 5.92 Å². The highest BCUT2D eigenvalue weighted by Crippen LogP contribution is 2.25. The first-order valence-corrected chi connectivity index (χ1v) is 8.82. The molecule has 0 amide bonds. The Bertz CT molecular complexity index is 948. The summed E-state index contributed by atoms with van der Waals surface area (Å²) in [7, 11) is 1.88. The number of benzene rings is 2. The minimum Gasteiger partial charge on any atom is -0.486 e. The van der Waals surface area contributed by atoms with Crippen molar-refractivity contribution in [2.75, 3.05) is 6.61 Å². The van der Waals surface area contributed by atoms with Gasteiger partial charge in [0, 0.05) is 18.3 Å². The smallest absolute Gasteiger partial charge is 0.193 e. The number of carbonyl (C=O) groups excluding carboxylic acids is 1. The minimum atomic E-state index is -0.841. The molecule has 1 heterocycles. The van der Waals surface area contributed by atoms with Gasteiger partial charge in [0.15, 0.2) is 5.78 Å².